The average Bonchev–Trinajstić information content (AvgIpc) is 2.85. The van der Waals surface area contributed by atoms with Crippen molar-refractivity contribution in [1.82, 2.24) is 10.3 Å². The van der Waals surface area contributed by atoms with E-state index in [1.807, 2.05) is 0 Å². The van der Waals surface area contributed by atoms with E-state index in [0.29, 0.717) is 11.1 Å². The molecule has 6 nitrogen and oxygen atoms in total. The van der Waals surface area contributed by atoms with Gasteiger partial charge in [0, 0.05) is 29.2 Å². The summed E-state index contributed by atoms with van der Waals surface area (Å²) in [6.45, 7) is 1.31. The minimum absolute atomic E-state index is 0.0145. The van der Waals surface area contributed by atoms with Crippen LogP contribution in [0.15, 0.2) is 60.8 Å². The number of nitrogens with zero attached hydrogens (tertiary/aromatic N) is 1. The minimum atomic E-state index is -5.07. The minimum Gasteiger partial charge on any atom is -0.465 e. The summed E-state index contributed by atoms with van der Waals surface area (Å²) in [4.78, 5) is 27.8. The van der Waals surface area contributed by atoms with Gasteiger partial charge in [0.05, 0.1) is 12.7 Å². The third-order valence-corrected chi connectivity index (χ3v) is 6.32. The molecule has 0 aliphatic rings. The average molecular weight is 541 g/mol. The first-order valence-corrected chi connectivity index (χ1v) is 11.3. The molecule has 0 spiro atoms. The Kier molecular flexibility index (Phi) is 8.28. The maximum Gasteiger partial charge on any atom is 0.422 e. The summed E-state index contributed by atoms with van der Waals surface area (Å²) in [5.74, 6) is -2.55. The Morgan fingerprint density at radius 1 is 1.06 bits per heavy atom. The number of aromatic nitrogens is 1. The van der Waals surface area contributed by atoms with Gasteiger partial charge in [0.15, 0.2) is 5.60 Å². The van der Waals surface area contributed by atoms with E-state index in [2.05, 4.69) is 15.0 Å². The summed E-state index contributed by atoms with van der Waals surface area (Å²) >= 11 is 12.0. The van der Waals surface area contributed by atoms with Crippen molar-refractivity contribution in [2.45, 2.75) is 31.2 Å². The molecule has 0 saturated heterocycles. The van der Waals surface area contributed by atoms with Gasteiger partial charge in [-0.2, -0.15) is 13.2 Å². The van der Waals surface area contributed by atoms with Crippen LogP contribution in [0.5, 0.6) is 0 Å². The number of halogens is 5. The Balaban J connectivity index is 1.80. The summed E-state index contributed by atoms with van der Waals surface area (Å²) in [6.07, 6.45) is -4.00. The van der Waals surface area contributed by atoms with E-state index < -0.39 is 35.1 Å². The summed E-state index contributed by atoms with van der Waals surface area (Å²) < 4.78 is 46.9. The number of carbonyl (C=O) groups excluding carboxylic acids is 2. The van der Waals surface area contributed by atoms with Gasteiger partial charge in [-0.05, 0) is 53.1 Å². The Morgan fingerprint density at radius 2 is 1.69 bits per heavy atom. The van der Waals surface area contributed by atoms with Crippen molar-refractivity contribution in [3.63, 3.8) is 0 Å². The van der Waals surface area contributed by atoms with Crippen LogP contribution in [0.3, 0.4) is 0 Å². The topological polar surface area (TPSA) is 88.5 Å². The van der Waals surface area contributed by atoms with Crippen LogP contribution in [-0.2, 0) is 16.9 Å². The third kappa shape index (κ3) is 5.64. The van der Waals surface area contributed by atoms with Crippen molar-refractivity contribution in [3.05, 3.63) is 98.8 Å². The molecule has 0 fully saturated rings. The van der Waals surface area contributed by atoms with E-state index in [9.17, 15) is 27.9 Å². The molecule has 2 aromatic carbocycles. The number of benzene rings is 2. The van der Waals surface area contributed by atoms with Gasteiger partial charge in [0.1, 0.15) is 5.15 Å². The quantitative estimate of drug-likeness (QED) is 0.298. The van der Waals surface area contributed by atoms with Gasteiger partial charge < -0.3 is 15.2 Å². The van der Waals surface area contributed by atoms with Crippen LogP contribution >= 0.6 is 23.2 Å². The fourth-order valence-electron chi connectivity index (χ4n) is 3.70. The number of aliphatic hydroxyl groups is 1. The number of nitrogens with one attached hydrogen (secondary N) is 1. The van der Waals surface area contributed by atoms with E-state index in [1.54, 1.807) is 24.3 Å². The molecule has 11 heteroatoms. The molecule has 190 valence electrons. The number of hydrogen-bond donors (Lipinski definition) is 2. The Labute approximate surface area is 215 Å². The van der Waals surface area contributed by atoms with Crippen molar-refractivity contribution in [2.75, 3.05) is 7.11 Å². The molecule has 1 heterocycles. The number of methoxy groups -OCH3 is 1. The normalized spacial score (nSPS) is 14.0. The number of amides is 1. The first-order valence-electron chi connectivity index (χ1n) is 10.5. The molecule has 36 heavy (non-hydrogen) atoms. The smallest absolute Gasteiger partial charge is 0.422 e. The third-order valence-electron chi connectivity index (χ3n) is 5.78. The second-order valence-electron chi connectivity index (χ2n) is 7.96. The van der Waals surface area contributed by atoms with E-state index in [0.717, 1.165) is 18.3 Å². The summed E-state index contributed by atoms with van der Waals surface area (Å²) in [7, 11) is 1.27. The lowest BCUT2D eigenvalue weighted by Gasteiger charge is -2.37. The molecule has 2 N–H and O–H groups in total. The SMILES string of the molecule is COC(=O)c1ccc(CNC(=O)c2ccc(C(C)C(O)(c3ccnc(Cl)c3)C(F)(F)F)c(Cl)c2)cc1. The first-order chi connectivity index (χ1) is 16.9. The fraction of sp³-hybridized carbons (Fsp3) is 0.240. The predicted octanol–water partition coefficient (Wildman–Crippen LogP) is 5.66. The molecule has 0 saturated carbocycles. The fourth-order valence-corrected chi connectivity index (χ4v) is 4.22. The molecule has 2 unspecified atom stereocenters. The van der Waals surface area contributed by atoms with Crippen molar-refractivity contribution in [1.29, 1.82) is 0 Å². The Morgan fingerprint density at radius 3 is 2.25 bits per heavy atom. The van der Waals surface area contributed by atoms with Gasteiger partial charge >= 0.3 is 12.1 Å². The van der Waals surface area contributed by atoms with E-state index in [1.165, 1.54) is 32.2 Å². The van der Waals surface area contributed by atoms with Crippen LogP contribution in [0.25, 0.3) is 0 Å². The van der Waals surface area contributed by atoms with Crippen molar-refractivity contribution < 1.29 is 32.6 Å². The molecule has 3 rings (SSSR count). The number of pyridine rings is 1. The van der Waals surface area contributed by atoms with E-state index in [4.69, 9.17) is 23.2 Å². The molecule has 2 atom stereocenters. The molecule has 0 bridgehead atoms. The second kappa shape index (κ2) is 10.9. The summed E-state index contributed by atoms with van der Waals surface area (Å²) in [5.41, 5.74) is -2.64. The van der Waals surface area contributed by atoms with Gasteiger partial charge in [-0.15, -0.1) is 0 Å². The van der Waals surface area contributed by atoms with Gasteiger partial charge in [0.2, 0.25) is 0 Å². The van der Waals surface area contributed by atoms with Crippen molar-refractivity contribution in [2.24, 2.45) is 0 Å². The van der Waals surface area contributed by atoms with Crippen LogP contribution in [0, 0.1) is 0 Å². The highest BCUT2D eigenvalue weighted by Gasteiger charge is 2.59. The molecule has 1 amide bonds. The van der Waals surface area contributed by atoms with Crippen LogP contribution < -0.4 is 5.32 Å². The zero-order valence-electron chi connectivity index (χ0n) is 19.1. The molecular formula is C25H21Cl2F3N2O4. The van der Waals surface area contributed by atoms with Crippen LogP contribution in [0.1, 0.15) is 50.2 Å². The van der Waals surface area contributed by atoms with Gasteiger partial charge in [-0.1, -0.05) is 48.3 Å². The number of alkyl halides is 3. The zero-order valence-corrected chi connectivity index (χ0v) is 20.6. The zero-order chi connectivity index (χ0) is 26.7. The van der Waals surface area contributed by atoms with Gasteiger partial charge in [-0.3, -0.25) is 4.79 Å². The summed E-state index contributed by atoms with van der Waals surface area (Å²) in [5, 5.41) is 13.2. The highest BCUT2D eigenvalue weighted by atomic mass is 35.5. The number of ether oxygens (including phenoxy) is 1. The number of esters is 1. The lowest BCUT2D eigenvalue weighted by atomic mass is 9.78. The Bertz CT molecular complexity index is 1270. The molecule has 0 aliphatic heterocycles. The number of carbonyl (C=O) groups is 2. The van der Waals surface area contributed by atoms with E-state index >= 15 is 0 Å². The summed E-state index contributed by atoms with van der Waals surface area (Å²) in [6, 6.07) is 12.2. The van der Waals surface area contributed by atoms with Crippen molar-refractivity contribution >= 4 is 35.1 Å². The molecule has 3 aromatic rings. The lowest BCUT2D eigenvalue weighted by Crippen LogP contribution is -2.46. The first kappa shape index (κ1) is 27.4. The molecule has 0 aliphatic carbocycles. The van der Waals surface area contributed by atoms with Crippen molar-refractivity contribution in [3.8, 4) is 0 Å². The van der Waals surface area contributed by atoms with Gasteiger partial charge in [-0.25, -0.2) is 9.78 Å². The lowest BCUT2D eigenvalue weighted by molar-refractivity contribution is -0.274. The standard InChI is InChI=1S/C25H21Cl2F3N2O4/c1-14(24(35,25(28,29)30)18-9-10-31-21(27)12-18)19-8-7-17(11-20(19)26)22(33)32-13-15-3-5-16(6-4-15)23(34)36-2/h3-12,14,35H,13H2,1-2H3,(H,32,33). The maximum atomic E-state index is 14.1. The second-order valence-corrected chi connectivity index (χ2v) is 8.75. The van der Waals surface area contributed by atoms with Crippen LogP contribution in [0.4, 0.5) is 13.2 Å². The highest BCUT2D eigenvalue weighted by molar-refractivity contribution is 6.31. The molecule has 1 aromatic heterocycles. The Hall–Kier alpha value is -3.14. The predicted molar refractivity (Wildman–Crippen MR) is 128 cm³/mol. The largest absolute Gasteiger partial charge is 0.465 e. The number of rotatable bonds is 7. The molecular weight excluding hydrogens is 520 g/mol. The van der Waals surface area contributed by atoms with E-state index in [-0.39, 0.29) is 27.8 Å². The maximum absolute atomic E-state index is 14.1. The van der Waals surface area contributed by atoms with Crippen LogP contribution in [-0.4, -0.2) is 35.3 Å². The van der Waals surface area contributed by atoms with Gasteiger partial charge in [0.25, 0.3) is 5.91 Å². The highest BCUT2D eigenvalue weighted by Crippen LogP contribution is 2.49. The monoisotopic (exact) mass is 540 g/mol. The number of hydrogen-bond acceptors (Lipinski definition) is 5. The molecule has 0 radical (unpaired) electrons. The van der Waals surface area contributed by atoms with Crippen LogP contribution in [0.2, 0.25) is 10.2 Å².